The van der Waals surface area contributed by atoms with Crippen molar-refractivity contribution in [2.45, 2.75) is 13.5 Å². The lowest BCUT2D eigenvalue weighted by Gasteiger charge is -2.09. The summed E-state index contributed by atoms with van der Waals surface area (Å²) in [6.45, 7) is 1.79. The van der Waals surface area contributed by atoms with Crippen molar-refractivity contribution in [2.75, 3.05) is 0 Å². The van der Waals surface area contributed by atoms with Crippen LogP contribution in [-0.4, -0.2) is 26.4 Å². The maximum absolute atomic E-state index is 11.5. The minimum atomic E-state index is -1.07. The molecule has 1 aromatic carbocycles. The number of benzene rings is 1. The molecule has 0 fully saturated rings. The van der Waals surface area contributed by atoms with Crippen LogP contribution in [0.25, 0.3) is 10.9 Å². The van der Waals surface area contributed by atoms with Gasteiger partial charge in [0.2, 0.25) is 0 Å². The Bertz CT molecular complexity index is 813. The summed E-state index contributed by atoms with van der Waals surface area (Å²) in [5.41, 5.74) is 1.79. The van der Waals surface area contributed by atoms with Crippen LogP contribution in [0.1, 0.15) is 21.7 Å². The number of aryl methyl sites for hydroxylation is 1. The van der Waals surface area contributed by atoms with Crippen LogP contribution in [0.4, 0.5) is 0 Å². The number of hydrogen-bond donors (Lipinski definition) is 1. The predicted molar refractivity (Wildman–Crippen MR) is 72.1 cm³/mol. The maximum Gasteiger partial charge on any atom is 0.340 e. The molecular weight excluding hydrogens is 274 g/mol. The second-order valence-electron chi connectivity index (χ2n) is 4.40. The quantitative estimate of drug-likeness (QED) is 0.784. The summed E-state index contributed by atoms with van der Waals surface area (Å²) in [5, 5.41) is 17.3. The summed E-state index contributed by atoms with van der Waals surface area (Å²) in [4.78, 5) is 15.7. The molecule has 0 radical (unpaired) electrons. The number of pyridine rings is 1. The minimum Gasteiger partial charge on any atom is -0.485 e. The first-order valence-corrected chi connectivity index (χ1v) is 6.18. The average Bonchev–Trinajstić information content (AvgIpc) is 2.89. The Balaban J connectivity index is 2.00. The van der Waals surface area contributed by atoms with Gasteiger partial charge < -0.3 is 9.84 Å². The molecule has 1 N–H and O–H groups in total. The molecule has 0 bridgehead atoms. The van der Waals surface area contributed by atoms with E-state index in [-0.39, 0.29) is 17.9 Å². The molecule has 3 rings (SSSR count). The number of carbonyl (C=O) groups is 1. The summed E-state index contributed by atoms with van der Waals surface area (Å²) in [6.07, 6.45) is 1.40. The van der Waals surface area contributed by atoms with E-state index in [1.54, 1.807) is 31.2 Å². The van der Waals surface area contributed by atoms with Gasteiger partial charge in [-0.2, -0.15) is 0 Å². The molecule has 0 saturated carbocycles. The summed E-state index contributed by atoms with van der Waals surface area (Å²) in [7, 11) is 0. The summed E-state index contributed by atoms with van der Waals surface area (Å²) < 4.78 is 10.1. The molecule has 7 nitrogen and oxygen atoms in total. The zero-order valence-corrected chi connectivity index (χ0v) is 11.1. The molecule has 7 heteroatoms. The minimum absolute atomic E-state index is 0.0651. The van der Waals surface area contributed by atoms with Crippen LogP contribution in [0.5, 0.6) is 5.75 Å². The molecule has 0 saturated heterocycles. The van der Waals surface area contributed by atoms with Gasteiger partial charge in [0, 0.05) is 5.39 Å². The fourth-order valence-corrected chi connectivity index (χ4v) is 1.98. The average molecular weight is 285 g/mol. The lowest BCUT2D eigenvalue weighted by molar-refractivity contribution is 0.0694. The van der Waals surface area contributed by atoms with Gasteiger partial charge in [0.25, 0.3) is 0 Å². The Morgan fingerprint density at radius 3 is 2.86 bits per heavy atom. The lowest BCUT2D eigenvalue weighted by atomic mass is 10.1. The van der Waals surface area contributed by atoms with Crippen LogP contribution < -0.4 is 4.74 Å². The third-order valence-corrected chi connectivity index (χ3v) is 3.07. The van der Waals surface area contributed by atoms with E-state index in [2.05, 4.69) is 19.9 Å². The molecule has 0 amide bonds. The first kappa shape index (κ1) is 13.0. The van der Waals surface area contributed by atoms with Crippen molar-refractivity contribution in [3.05, 3.63) is 47.4 Å². The predicted octanol–water partition coefficient (Wildman–Crippen LogP) is 2.20. The Morgan fingerprint density at radius 2 is 2.14 bits per heavy atom. The van der Waals surface area contributed by atoms with Crippen LogP contribution in [0.3, 0.4) is 0 Å². The van der Waals surface area contributed by atoms with Crippen LogP contribution in [-0.2, 0) is 6.61 Å². The van der Waals surface area contributed by atoms with E-state index in [0.29, 0.717) is 22.3 Å². The number of carboxylic acid groups (broad SMARTS) is 1. The summed E-state index contributed by atoms with van der Waals surface area (Å²) in [6, 6.07) is 7.00. The highest BCUT2D eigenvalue weighted by Gasteiger charge is 2.17. The van der Waals surface area contributed by atoms with Gasteiger partial charge in [-0.15, -0.1) is 0 Å². The Labute approximate surface area is 119 Å². The monoisotopic (exact) mass is 285 g/mol. The molecule has 0 spiro atoms. The fraction of sp³-hybridized carbons (Fsp3) is 0.143. The van der Waals surface area contributed by atoms with E-state index in [1.807, 2.05) is 0 Å². The van der Waals surface area contributed by atoms with Gasteiger partial charge >= 0.3 is 5.97 Å². The van der Waals surface area contributed by atoms with Crippen molar-refractivity contribution >= 4 is 16.9 Å². The maximum atomic E-state index is 11.5. The van der Waals surface area contributed by atoms with Crippen molar-refractivity contribution in [1.29, 1.82) is 0 Å². The summed E-state index contributed by atoms with van der Waals surface area (Å²) in [5.74, 6) is -0.887. The van der Waals surface area contributed by atoms with E-state index < -0.39 is 5.97 Å². The second-order valence-corrected chi connectivity index (χ2v) is 4.40. The van der Waals surface area contributed by atoms with E-state index in [1.165, 1.54) is 6.20 Å². The van der Waals surface area contributed by atoms with Gasteiger partial charge in [0.1, 0.15) is 23.6 Å². The Morgan fingerprint density at radius 1 is 1.33 bits per heavy atom. The lowest BCUT2D eigenvalue weighted by Crippen LogP contribution is -2.06. The fourth-order valence-electron chi connectivity index (χ4n) is 1.98. The Kier molecular flexibility index (Phi) is 3.23. The van der Waals surface area contributed by atoms with E-state index in [4.69, 9.17) is 4.74 Å². The number of aromatic carboxylic acids is 1. The highest BCUT2D eigenvalue weighted by Crippen LogP contribution is 2.26. The normalized spacial score (nSPS) is 10.7. The number of fused-ring (bicyclic) bond motifs is 1. The standard InChI is InChI=1S/C14H11N3O4/c1-8-11(17-21-16-8)7-20-12-6-15-10-5-3-2-4-9(10)13(12)14(18)19/h2-6H,7H2,1H3,(H,18,19). The van der Waals surface area contributed by atoms with Crippen molar-refractivity contribution in [1.82, 2.24) is 15.3 Å². The first-order chi connectivity index (χ1) is 10.2. The SMILES string of the molecule is Cc1nonc1COc1cnc2ccccc2c1C(=O)O. The number of para-hydroxylation sites is 1. The van der Waals surface area contributed by atoms with Gasteiger partial charge in [-0.3, -0.25) is 4.98 Å². The molecule has 106 valence electrons. The molecule has 0 aliphatic carbocycles. The Hall–Kier alpha value is -2.96. The van der Waals surface area contributed by atoms with Gasteiger partial charge in [-0.1, -0.05) is 28.5 Å². The van der Waals surface area contributed by atoms with Crippen molar-refractivity contribution in [2.24, 2.45) is 0 Å². The second kappa shape index (κ2) is 5.20. The van der Waals surface area contributed by atoms with Gasteiger partial charge in [-0.05, 0) is 13.0 Å². The molecule has 0 aliphatic rings. The van der Waals surface area contributed by atoms with Gasteiger partial charge in [-0.25, -0.2) is 9.42 Å². The van der Waals surface area contributed by atoms with Crippen LogP contribution in [0.2, 0.25) is 0 Å². The zero-order valence-electron chi connectivity index (χ0n) is 11.1. The van der Waals surface area contributed by atoms with Crippen LogP contribution in [0.15, 0.2) is 35.1 Å². The zero-order chi connectivity index (χ0) is 14.8. The number of ether oxygens (including phenoxy) is 1. The number of nitrogens with zero attached hydrogens (tertiary/aromatic N) is 3. The van der Waals surface area contributed by atoms with Crippen molar-refractivity contribution in [3.63, 3.8) is 0 Å². The third kappa shape index (κ3) is 2.40. The van der Waals surface area contributed by atoms with E-state index >= 15 is 0 Å². The van der Waals surface area contributed by atoms with Crippen molar-refractivity contribution in [3.8, 4) is 5.75 Å². The molecule has 2 aromatic heterocycles. The van der Waals surface area contributed by atoms with E-state index in [0.717, 1.165) is 0 Å². The molecule has 0 aliphatic heterocycles. The molecule has 21 heavy (non-hydrogen) atoms. The van der Waals surface area contributed by atoms with Crippen molar-refractivity contribution < 1.29 is 19.3 Å². The molecular formula is C14H11N3O4. The number of hydrogen-bond acceptors (Lipinski definition) is 6. The van der Waals surface area contributed by atoms with Gasteiger partial charge in [0.05, 0.1) is 11.7 Å². The number of rotatable bonds is 4. The molecule has 0 atom stereocenters. The van der Waals surface area contributed by atoms with E-state index in [9.17, 15) is 9.90 Å². The molecule has 2 heterocycles. The van der Waals surface area contributed by atoms with Gasteiger partial charge in [0.15, 0.2) is 5.75 Å². The first-order valence-electron chi connectivity index (χ1n) is 6.18. The van der Waals surface area contributed by atoms with Crippen LogP contribution in [0, 0.1) is 6.92 Å². The number of aromatic nitrogens is 3. The summed E-state index contributed by atoms with van der Waals surface area (Å²) >= 11 is 0. The largest absolute Gasteiger partial charge is 0.485 e. The van der Waals surface area contributed by atoms with Crippen LogP contribution >= 0.6 is 0 Å². The topological polar surface area (TPSA) is 98.3 Å². The molecule has 3 aromatic rings. The third-order valence-electron chi connectivity index (χ3n) is 3.07. The highest BCUT2D eigenvalue weighted by molar-refractivity contribution is 6.04. The highest BCUT2D eigenvalue weighted by atomic mass is 16.6. The molecule has 0 unspecified atom stereocenters. The smallest absolute Gasteiger partial charge is 0.340 e. The number of carboxylic acids is 1.